The Morgan fingerprint density at radius 3 is 2.02 bits per heavy atom. The fraction of sp³-hybridized carbons (Fsp3) is 0.500. The van der Waals surface area contributed by atoms with Crippen molar-refractivity contribution in [2.24, 2.45) is 0 Å². The van der Waals surface area contributed by atoms with Gasteiger partial charge < -0.3 is 27.0 Å². The van der Waals surface area contributed by atoms with Crippen LogP contribution in [0.15, 0.2) is 54.2 Å². The number of ether oxygens (including phenoxy) is 1. The summed E-state index contributed by atoms with van der Waals surface area (Å²) in [5, 5.41) is 2.92. The normalized spacial score (nSPS) is 10.7. The second-order valence-electron chi connectivity index (χ2n) is 10.8. The quantitative estimate of drug-likeness (QED) is 0.100. The molecule has 0 spiro atoms. The Hall–Kier alpha value is -2.51. The number of anilines is 1. The Morgan fingerprint density at radius 2 is 1.46 bits per heavy atom. The van der Waals surface area contributed by atoms with Gasteiger partial charge in [-0.2, -0.15) is 4.57 Å². The van der Waals surface area contributed by atoms with Crippen molar-refractivity contribution in [2.45, 2.75) is 104 Å². The Morgan fingerprint density at radius 1 is 0.854 bits per heavy atom. The fourth-order valence-corrected chi connectivity index (χ4v) is 5.47. The van der Waals surface area contributed by atoms with Crippen molar-refractivity contribution in [3.8, 4) is 5.75 Å². The molecule has 1 N–H and O–H groups in total. The van der Waals surface area contributed by atoms with E-state index in [2.05, 4.69) is 35.4 Å². The van der Waals surface area contributed by atoms with Crippen molar-refractivity contribution in [1.82, 2.24) is 0 Å². The average Bonchev–Trinajstić information content (AvgIpc) is 3.36. The number of aromatic nitrogens is 1. The van der Waals surface area contributed by atoms with Crippen LogP contribution in [0.3, 0.4) is 0 Å². The van der Waals surface area contributed by atoms with Gasteiger partial charge in [0.1, 0.15) is 5.75 Å². The molecular formula is C34H47BrN2O3S. The van der Waals surface area contributed by atoms with Crippen molar-refractivity contribution >= 4 is 28.7 Å². The van der Waals surface area contributed by atoms with Gasteiger partial charge in [-0.05, 0) is 50.6 Å². The van der Waals surface area contributed by atoms with Crippen LogP contribution in [0.5, 0.6) is 5.75 Å². The molecule has 0 unspecified atom stereocenters. The number of Topliss-reactive ketones (excluding diaryl/α,β-unsaturated/α-hetero) is 1. The zero-order valence-corrected chi connectivity index (χ0v) is 27.5. The summed E-state index contributed by atoms with van der Waals surface area (Å²) in [6.45, 7) is 7.25. The van der Waals surface area contributed by atoms with E-state index in [4.69, 9.17) is 4.74 Å². The molecule has 224 valence electrons. The zero-order chi connectivity index (χ0) is 28.6. The van der Waals surface area contributed by atoms with E-state index in [1.54, 1.807) is 29.5 Å². The SMILES string of the molecule is CCCCCCCCCCCCCCOc1ccc(NC(=O)c2ccc(C[n+]3csc(C)c3)cc2)cc1C(C)=O.[Br-]. The maximum Gasteiger partial charge on any atom is 0.255 e. The highest BCUT2D eigenvalue weighted by Gasteiger charge is 2.13. The first-order chi connectivity index (χ1) is 19.5. The molecule has 0 aliphatic heterocycles. The Balaban J connectivity index is 0.00000588. The largest absolute Gasteiger partial charge is 1.00 e. The third-order valence-corrected chi connectivity index (χ3v) is 8.03. The topological polar surface area (TPSA) is 59.3 Å². The Labute approximate surface area is 261 Å². The minimum absolute atomic E-state index is 0. The van der Waals surface area contributed by atoms with Gasteiger partial charge in [0.25, 0.3) is 5.91 Å². The summed E-state index contributed by atoms with van der Waals surface area (Å²) in [4.78, 5) is 26.4. The first kappa shape index (κ1) is 34.7. The average molecular weight is 644 g/mol. The maximum atomic E-state index is 12.8. The van der Waals surface area contributed by atoms with Crippen LogP contribution in [-0.2, 0) is 6.54 Å². The minimum atomic E-state index is -0.203. The molecule has 7 heteroatoms. The van der Waals surface area contributed by atoms with Crippen molar-refractivity contribution in [3.63, 3.8) is 0 Å². The molecule has 0 atom stereocenters. The number of thiazole rings is 1. The molecule has 0 saturated heterocycles. The van der Waals surface area contributed by atoms with Crippen LogP contribution in [-0.4, -0.2) is 18.3 Å². The van der Waals surface area contributed by atoms with Gasteiger partial charge >= 0.3 is 0 Å². The highest BCUT2D eigenvalue weighted by molar-refractivity contribution is 7.09. The highest BCUT2D eigenvalue weighted by atomic mass is 79.9. The summed E-state index contributed by atoms with van der Waals surface area (Å²) >= 11 is 1.71. The number of unbranched alkanes of at least 4 members (excludes halogenated alkanes) is 11. The Bertz CT molecular complexity index is 1190. The van der Waals surface area contributed by atoms with Gasteiger partial charge in [0, 0.05) is 16.8 Å². The summed E-state index contributed by atoms with van der Waals surface area (Å²) in [6.07, 6.45) is 17.7. The molecular weight excluding hydrogens is 596 g/mol. The lowest BCUT2D eigenvalue weighted by Crippen LogP contribution is -3.00. The van der Waals surface area contributed by atoms with E-state index in [-0.39, 0.29) is 28.7 Å². The lowest BCUT2D eigenvalue weighted by atomic mass is 10.1. The number of aryl methyl sites for hydroxylation is 1. The van der Waals surface area contributed by atoms with Crippen LogP contribution in [0.1, 0.15) is 122 Å². The monoisotopic (exact) mass is 642 g/mol. The fourth-order valence-electron chi connectivity index (χ4n) is 4.84. The molecule has 41 heavy (non-hydrogen) atoms. The minimum Gasteiger partial charge on any atom is -1.00 e. The van der Waals surface area contributed by atoms with Gasteiger partial charge in [0.15, 0.2) is 18.5 Å². The molecule has 0 saturated carbocycles. The number of halogens is 1. The first-order valence-electron chi connectivity index (χ1n) is 15.1. The van der Waals surface area contributed by atoms with Crippen molar-refractivity contribution in [3.05, 3.63) is 75.7 Å². The predicted molar refractivity (Wildman–Crippen MR) is 166 cm³/mol. The maximum absolute atomic E-state index is 12.8. The lowest BCUT2D eigenvalue weighted by molar-refractivity contribution is -0.683. The van der Waals surface area contributed by atoms with Crippen LogP contribution >= 0.6 is 11.3 Å². The summed E-state index contributed by atoms with van der Waals surface area (Å²) < 4.78 is 8.10. The summed E-state index contributed by atoms with van der Waals surface area (Å²) in [7, 11) is 0. The molecule has 0 radical (unpaired) electrons. The van der Waals surface area contributed by atoms with Crippen molar-refractivity contribution in [2.75, 3.05) is 11.9 Å². The number of nitrogens with one attached hydrogen (secondary N) is 1. The van der Waals surface area contributed by atoms with E-state index in [1.165, 1.54) is 76.0 Å². The zero-order valence-electron chi connectivity index (χ0n) is 25.1. The lowest BCUT2D eigenvalue weighted by Gasteiger charge is -2.12. The summed E-state index contributed by atoms with van der Waals surface area (Å²) in [5.74, 6) is 0.302. The molecule has 3 rings (SSSR count). The van der Waals surface area contributed by atoms with Crippen LogP contribution < -0.4 is 31.6 Å². The van der Waals surface area contributed by atoms with E-state index in [0.717, 1.165) is 24.9 Å². The number of hydrogen-bond acceptors (Lipinski definition) is 4. The number of hydrogen-bond donors (Lipinski definition) is 1. The second-order valence-corrected chi connectivity index (χ2v) is 11.9. The Kier molecular flexibility index (Phi) is 16.6. The molecule has 0 bridgehead atoms. The van der Waals surface area contributed by atoms with E-state index < -0.39 is 0 Å². The van der Waals surface area contributed by atoms with Gasteiger partial charge in [-0.3, -0.25) is 9.59 Å². The van der Waals surface area contributed by atoms with Crippen molar-refractivity contribution in [1.29, 1.82) is 0 Å². The molecule has 1 aromatic heterocycles. The molecule has 1 amide bonds. The van der Waals surface area contributed by atoms with Gasteiger partial charge in [0.2, 0.25) is 5.51 Å². The van der Waals surface area contributed by atoms with Gasteiger partial charge in [-0.15, -0.1) is 0 Å². The standard InChI is InChI=1S/C34H46N2O3S.BrH/c1-4-5-6-7-8-9-10-11-12-13-14-15-22-39-33-21-20-31(23-32(33)28(3)37)35-34(38)30-18-16-29(17-19-30)25-36-24-27(2)40-26-36;/h16-21,23-24,26H,4-15,22,25H2,1-3H3;1H. The van der Waals surface area contributed by atoms with Crippen LogP contribution in [0.4, 0.5) is 5.69 Å². The number of amides is 1. The van der Waals surface area contributed by atoms with Gasteiger partial charge in [-0.1, -0.05) is 101 Å². The van der Waals surface area contributed by atoms with E-state index in [1.807, 2.05) is 24.3 Å². The highest BCUT2D eigenvalue weighted by Crippen LogP contribution is 2.24. The van der Waals surface area contributed by atoms with Crippen LogP contribution in [0, 0.1) is 6.92 Å². The number of nitrogens with zero attached hydrogens (tertiary/aromatic N) is 1. The number of carbonyl (C=O) groups excluding carboxylic acids is 2. The smallest absolute Gasteiger partial charge is 0.255 e. The number of carbonyl (C=O) groups is 2. The van der Waals surface area contributed by atoms with Crippen LogP contribution in [0.25, 0.3) is 0 Å². The molecule has 0 aliphatic carbocycles. The molecule has 5 nitrogen and oxygen atoms in total. The molecule has 1 heterocycles. The summed E-state index contributed by atoms with van der Waals surface area (Å²) in [5.41, 5.74) is 4.88. The predicted octanol–water partition coefficient (Wildman–Crippen LogP) is 5.93. The van der Waals surface area contributed by atoms with Gasteiger partial charge in [0.05, 0.1) is 17.0 Å². The summed E-state index contributed by atoms with van der Waals surface area (Å²) in [6, 6.07) is 12.9. The number of ketones is 1. The first-order valence-corrected chi connectivity index (χ1v) is 16.0. The third kappa shape index (κ3) is 12.9. The number of rotatable bonds is 19. The molecule has 0 fully saturated rings. The van der Waals surface area contributed by atoms with E-state index in [9.17, 15) is 9.59 Å². The molecule has 2 aromatic carbocycles. The van der Waals surface area contributed by atoms with E-state index >= 15 is 0 Å². The third-order valence-electron chi connectivity index (χ3n) is 7.18. The van der Waals surface area contributed by atoms with Crippen LogP contribution in [0.2, 0.25) is 0 Å². The molecule has 0 aliphatic rings. The van der Waals surface area contributed by atoms with Gasteiger partial charge in [-0.25, -0.2) is 0 Å². The van der Waals surface area contributed by atoms with E-state index in [0.29, 0.717) is 29.2 Å². The van der Waals surface area contributed by atoms with Crippen molar-refractivity contribution < 1.29 is 35.9 Å². The molecule has 3 aromatic rings. The number of benzene rings is 2. The second kappa shape index (κ2) is 19.6.